The summed E-state index contributed by atoms with van der Waals surface area (Å²) in [5, 5.41) is 0. The quantitative estimate of drug-likeness (QED) is 0.561. The van der Waals surface area contributed by atoms with E-state index < -0.39 is 0 Å². The molecule has 126 valence electrons. The summed E-state index contributed by atoms with van der Waals surface area (Å²) in [4.78, 5) is 2.49. The number of likely N-dealkylation sites (tertiary alicyclic amines) is 1. The minimum Gasteiger partial charge on any atom is -1.00 e. The van der Waals surface area contributed by atoms with Gasteiger partial charge < -0.3 is 17.3 Å². The average molecular weight is 325 g/mol. The third-order valence-corrected chi connectivity index (χ3v) is 4.60. The molecule has 0 aromatic carbocycles. The maximum Gasteiger partial charge on any atom is 0.163 e. The van der Waals surface area contributed by atoms with Gasteiger partial charge in [0.25, 0.3) is 0 Å². The molecule has 2 rings (SSSR count). The fourth-order valence-electron chi connectivity index (χ4n) is 3.25. The van der Waals surface area contributed by atoms with Crippen molar-refractivity contribution in [1.82, 2.24) is 4.90 Å². The van der Waals surface area contributed by atoms with Crippen molar-refractivity contribution in [2.75, 3.05) is 26.2 Å². The Morgan fingerprint density at radius 2 is 1.14 bits per heavy atom. The van der Waals surface area contributed by atoms with Crippen LogP contribution in [0.25, 0.3) is 0 Å². The summed E-state index contributed by atoms with van der Waals surface area (Å²) < 4.78 is 2.49. The molecule has 22 heavy (non-hydrogen) atoms. The SMILES string of the molecule is C(=CC=[N+]1CCCCCCC1)C=CN1CCCCCCC1.[Cl-]. The average Bonchev–Trinajstić information content (AvgIpc) is 2.42. The number of rotatable bonds is 3. The first-order valence-electron chi connectivity index (χ1n) is 9.11. The normalized spacial score (nSPS) is 21.8. The van der Waals surface area contributed by atoms with E-state index in [2.05, 4.69) is 40.1 Å². The van der Waals surface area contributed by atoms with E-state index >= 15 is 0 Å². The molecule has 0 atom stereocenters. The van der Waals surface area contributed by atoms with Crippen molar-refractivity contribution in [3.8, 4) is 0 Å². The van der Waals surface area contributed by atoms with E-state index in [0.717, 1.165) is 0 Å². The van der Waals surface area contributed by atoms with Crippen LogP contribution < -0.4 is 12.4 Å². The van der Waals surface area contributed by atoms with Gasteiger partial charge in [-0.05, 0) is 38.0 Å². The summed E-state index contributed by atoms with van der Waals surface area (Å²) >= 11 is 0. The number of allylic oxidation sites excluding steroid dienone is 3. The predicted molar refractivity (Wildman–Crippen MR) is 92.1 cm³/mol. The molecule has 2 nitrogen and oxygen atoms in total. The fraction of sp³-hybridized carbons (Fsp3) is 0.737. The van der Waals surface area contributed by atoms with Gasteiger partial charge in [0.2, 0.25) is 0 Å². The molecule has 0 radical (unpaired) electrons. The third kappa shape index (κ3) is 8.63. The lowest BCUT2D eigenvalue weighted by molar-refractivity contribution is -0.525. The monoisotopic (exact) mass is 324 g/mol. The summed E-state index contributed by atoms with van der Waals surface area (Å²) in [7, 11) is 0. The van der Waals surface area contributed by atoms with Gasteiger partial charge in [-0.2, -0.15) is 0 Å². The van der Waals surface area contributed by atoms with Gasteiger partial charge in [0, 0.05) is 32.0 Å². The predicted octanol–water partition coefficient (Wildman–Crippen LogP) is 1.37. The van der Waals surface area contributed by atoms with Crippen LogP contribution in [0.2, 0.25) is 0 Å². The first kappa shape index (κ1) is 19.3. The van der Waals surface area contributed by atoms with Crippen LogP contribution in [0.3, 0.4) is 0 Å². The molecule has 0 aromatic heterocycles. The molecule has 0 saturated carbocycles. The second kappa shape index (κ2) is 12.8. The van der Waals surface area contributed by atoms with Gasteiger partial charge in [-0.15, -0.1) is 0 Å². The molecule has 0 N–H and O–H groups in total. The lowest BCUT2D eigenvalue weighted by atomic mass is 10.1. The maximum atomic E-state index is 2.49. The summed E-state index contributed by atoms with van der Waals surface area (Å²) in [6.07, 6.45) is 25.1. The van der Waals surface area contributed by atoms with Gasteiger partial charge >= 0.3 is 0 Å². The first-order chi connectivity index (χ1) is 10.4. The van der Waals surface area contributed by atoms with Crippen LogP contribution in [-0.4, -0.2) is 41.9 Å². The molecular formula is C19H33ClN2. The highest BCUT2D eigenvalue weighted by molar-refractivity contribution is 5.66. The van der Waals surface area contributed by atoms with Gasteiger partial charge in [0.1, 0.15) is 13.1 Å². The van der Waals surface area contributed by atoms with Crippen LogP contribution in [0.4, 0.5) is 0 Å². The van der Waals surface area contributed by atoms with Gasteiger partial charge in [-0.1, -0.05) is 31.8 Å². The number of hydrogen-bond donors (Lipinski definition) is 0. The molecule has 0 bridgehead atoms. The molecule has 0 spiro atoms. The van der Waals surface area contributed by atoms with Crippen LogP contribution in [0, 0.1) is 0 Å². The molecule has 2 heterocycles. The van der Waals surface area contributed by atoms with Crippen molar-refractivity contribution in [2.24, 2.45) is 0 Å². The van der Waals surface area contributed by atoms with Crippen LogP contribution in [0.15, 0.2) is 24.4 Å². The largest absolute Gasteiger partial charge is 1.00 e. The van der Waals surface area contributed by atoms with Gasteiger partial charge in [-0.3, -0.25) is 0 Å². The molecule has 3 heteroatoms. The summed E-state index contributed by atoms with van der Waals surface area (Å²) in [5.74, 6) is 0. The zero-order chi connectivity index (χ0) is 14.6. The van der Waals surface area contributed by atoms with Gasteiger partial charge in [-0.25, -0.2) is 4.58 Å². The van der Waals surface area contributed by atoms with Crippen molar-refractivity contribution in [1.29, 1.82) is 0 Å². The Hall–Kier alpha value is -0.760. The van der Waals surface area contributed by atoms with E-state index in [1.807, 2.05) is 0 Å². The van der Waals surface area contributed by atoms with Crippen molar-refractivity contribution in [3.05, 3.63) is 24.4 Å². The fourth-order valence-corrected chi connectivity index (χ4v) is 3.25. The Morgan fingerprint density at radius 1 is 0.591 bits per heavy atom. The van der Waals surface area contributed by atoms with Gasteiger partial charge in [0.05, 0.1) is 0 Å². The highest BCUT2D eigenvalue weighted by atomic mass is 35.5. The summed E-state index contributed by atoms with van der Waals surface area (Å²) in [5.41, 5.74) is 0. The van der Waals surface area contributed by atoms with Crippen LogP contribution in [-0.2, 0) is 0 Å². The zero-order valence-electron chi connectivity index (χ0n) is 14.1. The lowest BCUT2D eigenvalue weighted by Gasteiger charge is -2.22. The van der Waals surface area contributed by atoms with Crippen LogP contribution >= 0.6 is 0 Å². The van der Waals surface area contributed by atoms with Crippen LogP contribution in [0.1, 0.15) is 64.2 Å². The molecular weight excluding hydrogens is 292 g/mol. The van der Waals surface area contributed by atoms with Crippen molar-refractivity contribution in [2.45, 2.75) is 64.2 Å². The highest BCUT2D eigenvalue weighted by Gasteiger charge is 2.06. The maximum absolute atomic E-state index is 2.49. The van der Waals surface area contributed by atoms with Crippen LogP contribution in [0.5, 0.6) is 0 Å². The summed E-state index contributed by atoms with van der Waals surface area (Å²) in [6.45, 7) is 4.95. The molecule has 0 aromatic rings. The van der Waals surface area contributed by atoms with Crippen molar-refractivity contribution in [3.63, 3.8) is 0 Å². The Bertz CT molecular complexity index is 342. The molecule has 0 unspecified atom stereocenters. The second-order valence-electron chi connectivity index (χ2n) is 6.48. The third-order valence-electron chi connectivity index (χ3n) is 4.60. The number of halogens is 1. The first-order valence-corrected chi connectivity index (χ1v) is 9.11. The number of hydrogen-bond acceptors (Lipinski definition) is 1. The molecule has 0 aliphatic carbocycles. The molecule has 2 saturated heterocycles. The van der Waals surface area contributed by atoms with E-state index in [4.69, 9.17) is 0 Å². The number of nitrogens with zero attached hydrogens (tertiary/aromatic N) is 2. The molecule has 2 fully saturated rings. The lowest BCUT2D eigenvalue weighted by Crippen LogP contribution is -3.00. The minimum atomic E-state index is 0. The second-order valence-corrected chi connectivity index (χ2v) is 6.48. The van der Waals surface area contributed by atoms with E-state index in [1.54, 1.807) is 0 Å². The Balaban J connectivity index is 0.00000242. The van der Waals surface area contributed by atoms with E-state index in [9.17, 15) is 0 Å². The summed E-state index contributed by atoms with van der Waals surface area (Å²) in [6, 6.07) is 0. The van der Waals surface area contributed by atoms with Crippen molar-refractivity contribution < 1.29 is 17.0 Å². The molecule has 2 aliphatic rings. The highest BCUT2D eigenvalue weighted by Crippen LogP contribution is 2.10. The zero-order valence-corrected chi connectivity index (χ0v) is 14.8. The van der Waals surface area contributed by atoms with E-state index in [-0.39, 0.29) is 12.4 Å². The molecule has 0 amide bonds. The standard InChI is InChI=1S/C19H33N2.ClH/c1-3-8-14-20(15-9-4-1)18-12-7-13-19-21-16-10-5-2-6-11-17-21;/h7,12-13,18-19H,1-6,8-11,14-17H2;1H/q+1;/p-1. The topological polar surface area (TPSA) is 6.25 Å². The Kier molecular flexibility index (Phi) is 11.2. The van der Waals surface area contributed by atoms with Gasteiger partial charge in [0.15, 0.2) is 6.21 Å². The smallest absolute Gasteiger partial charge is 0.163 e. The Labute approximate surface area is 143 Å². The van der Waals surface area contributed by atoms with E-state index in [1.165, 1.54) is 90.4 Å². The van der Waals surface area contributed by atoms with E-state index in [0.29, 0.717) is 0 Å². The van der Waals surface area contributed by atoms with Crippen molar-refractivity contribution >= 4 is 6.21 Å². The Morgan fingerprint density at radius 3 is 1.77 bits per heavy atom. The molecule has 2 aliphatic heterocycles. The minimum absolute atomic E-state index is 0.